The molecule has 0 saturated heterocycles. The van der Waals surface area contributed by atoms with Crippen molar-refractivity contribution in [2.75, 3.05) is 6.61 Å². The summed E-state index contributed by atoms with van der Waals surface area (Å²) in [7, 11) is 0. The van der Waals surface area contributed by atoms with Crippen LogP contribution >= 0.6 is 31.9 Å². The highest BCUT2D eigenvalue weighted by Gasteiger charge is 2.32. The molecule has 0 aliphatic carbocycles. The molecule has 37 heavy (non-hydrogen) atoms. The quantitative estimate of drug-likeness (QED) is 0.271. The van der Waals surface area contributed by atoms with Crippen LogP contribution in [-0.2, 0) is 29.0 Å². The van der Waals surface area contributed by atoms with E-state index in [9.17, 15) is 9.59 Å². The van der Waals surface area contributed by atoms with Crippen LogP contribution in [0.2, 0.25) is 0 Å². The van der Waals surface area contributed by atoms with Crippen LogP contribution < -0.4 is 10.1 Å². The van der Waals surface area contributed by atoms with Crippen LogP contribution in [0, 0.1) is 0 Å². The number of carbonyl (C=O) groups is 2. The molecule has 3 aromatic rings. The molecule has 0 aliphatic rings. The second-order valence-corrected chi connectivity index (χ2v) is 11.8. The van der Waals surface area contributed by atoms with E-state index in [2.05, 4.69) is 44.1 Å². The third-order valence-corrected chi connectivity index (χ3v) is 6.88. The van der Waals surface area contributed by atoms with Crippen LogP contribution in [0.4, 0.5) is 0 Å². The highest BCUT2D eigenvalue weighted by atomic mass is 79.9. The molecule has 0 unspecified atom stereocenters. The van der Waals surface area contributed by atoms with Crippen molar-refractivity contribution in [2.24, 2.45) is 0 Å². The van der Waals surface area contributed by atoms with Crippen molar-refractivity contribution >= 4 is 43.7 Å². The standard InChI is InChI=1S/C30H34Br2N2O3/c1-5-21-14-15-27(25(32)17-21)37-20-28(35)34(19-23-12-9-13-24(31)16-23)26(29(36)33-30(2,3)4)18-22-10-7-6-8-11-22/h6-17,26H,5,18-20H2,1-4H3,(H,33,36)/t26-/m1/s1. The van der Waals surface area contributed by atoms with Gasteiger partial charge in [0.15, 0.2) is 6.61 Å². The molecule has 0 heterocycles. The van der Waals surface area contributed by atoms with E-state index in [0.717, 1.165) is 26.5 Å². The Morgan fingerprint density at radius 2 is 1.62 bits per heavy atom. The number of ether oxygens (including phenoxy) is 1. The van der Waals surface area contributed by atoms with Crippen molar-refractivity contribution < 1.29 is 14.3 Å². The number of hydrogen-bond donors (Lipinski definition) is 1. The monoisotopic (exact) mass is 628 g/mol. The van der Waals surface area contributed by atoms with Gasteiger partial charge in [-0.3, -0.25) is 9.59 Å². The first-order chi connectivity index (χ1) is 17.6. The Labute approximate surface area is 236 Å². The van der Waals surface area contributed by atoms with Crippen LogP contribution in [0.3, 0.4) is 0 Å². The first kappa shape index (κ1) is 28.9. The molecule has 0 aliphatic heterocycles. The number of aryl methyl sites for hydroxylation is 1. The number of halogens is 2. The normalized spacial score (nSPS) is 12.1. The average Bonchev–Trinajstić information content (AvgIpc) is 2.84. The number of nitrogens with zero attached hydrogens (tertiary/aromatic N) is 1. The molecule has 2 amide bonds. The molecule has 1 atom stereocenters. The molecule has 7 heteroatoms. The van der Waals surface area contributed by atoms with Gasteiger partial charge in [0, 0.05) is 23.0 Å². The fourth-order valence-corrected chi connectivity index (χ4v) is 4.93. The minimum absolute atomic E-state index is 0.188. The summed E-state index contributed by atoms with van der Waals surface area (Å²) in [6, 6.07) is 22.7. The van der Waals surface area contributed by atoms with Crippen molar-refractivity contribution in [3.8, 4) is 5.75 Å². The molecule has 0 radical (unpaired) electrons. The second-order valence-electron chi connectivity index (χ2n) is 10.0. The van der Waals surface area contributed by atoms with Gasteiger partial charge in [0.25, 0.3) is 5.91 Å². The Balaban J connectivity index is 1.93. The highest BCUT2D eigenvalue weighted by Crippen LogP contribution is 2.27. The zero-order valence-electron chi connectivity index (χ0n) is 21.8. The number of rotatable bonds is 10. The fraction of sp³-hybridized carbons (Fsp3) is 0.333. The van der Waals surface area contributed by atoms with Gasteiger partial charge in [-0.1, -0.05) is 71.4 Å². The van der Waals surface area contributed by atoms with E-state index in [4.69, 9.17) is 4.74 Å². The summed E-state index contributed by atoms with van der Waals surface area (Å²) in [5.41, 5.74) is 2.61. The predicted octanol–water partition coefficient (Wildman–Crippen LogP) is 6.71. The minimum atomic E-state index is -0.720. The van der Waals surface area contributed by atoms with Gasteiger partial charge in [0.05, 0.1) is 4.47 Å². The molecule has 0 saturated carbocycles. The fourth-order valence-electron chi connectivity index (χ4n) is 3.94. The van der Waals surface area contributed by atoms with E-state index in [1.807, 2.05) is 93.6 Å². The number of hydrogen-bond acceptors (Lipinski definition) is 3. The summed E-state index contributed by atoms with van der Waals surface area (Å²) >= 11 is 7.06. The number of benzene rings is 3. The lowest BCUT2D eigenvalue weighted by atomic mass is 10.0. The summed E-state index contributed by atoms with van der Waals surface area (Å²) in [6.45, 7) is 7.97. The smallest absolute Gasteiger partial charge is 0.261 e. The maximum absolute atomic E-state index is 13.7. The Morgan fingerprint density at radius 3 is 2.24 bits per heavy atom. The van der Waals surface area contributed by atoms with Gasteiger partial charge >= 0.3 is 0 Å². The first-order valence-electron chi connectivity index (χ1n) is 12.4. The van der Waals surface area contributed by atoms with Gasteiger partial charge in [-0.05, 0) is 84.1 Å². The van der Waals surface area contributed by atoms with E-state index in [-0.39, 0.29) is 25.0 Å². The van der Waals surface area contributed by atoms with E-state index in [1.165, 1.54) is 5.56 Å². The lowest BCUT2D eigenvalue weighted by Gasteiger charge is -2.33. The molecule has 3 aromatic carbocycles. The summed E-state index contributed by atoms with van der Waals surface area (Å²) in [6.07, 6.45) is 1.29. The number of carbonyl (C=O) groups excluding carboxylic acids is 2. The SMILES string of the molecule is CCc1ccc(OCC(=O)N(Cc2cccc(Br)c2)[C@H](Cc2ccccc2)C(=O)NC(C)(C)C)c(Br)c1. The lowest BCUT2D eigenvalue weighted by Crippen LogP contribution is -2.55. The van der Waals surface area contributed by atoms with Crippen molar-refractivity contribution in [1.82, 2.24) is 10.2 Å². The summed E-state index contributed by atoms with van der Waals surface area (Å²) in [5.74, 6) is 0.122. The Hall–Kier alpha value is -2.64. The molecule has 1 N–H and O–H groups in total. The maximum atomic E-state index is 13.7. The molecule has 196 valence electrons. The molecule has 3 rings (SSSR count). The second kappa shape index (κ2) is 13.2. The van der Waals surface area contributed by atoms with Crippen LogP contribution in [-0.4, -0.2) is 34.9 Å². The third kappa shape index (κ3) is 9.00. The summed E-state index contributed by atoms with van der Waals surface area (Å²) < 4.78 is 7.65. The minimum Gasteiger partial charge on any atom is -0.483 e. The van der Waals surface area contributed by atoms with Gasteiger partial charge in [0.1, 0.15) is 11.8 Å². The van der Waals surface area contributed by atoms with Gasteiger partial charge < -0.3 is 15.0 Å². The highest BCUT2D eigenvalue weighted by molar-refractivity contribution is 9.10. The molecular formula is C30H34Br2N2O3. The van der Waals surface area contributed by atoms with Crippen LogP contribution in [0.1, 0.15) is 44.4 Å². The molecule has 5 nitrogen and oxygen atoms in total. The summed E-state index contributed by atoms with van der Waals surface area (Å²) in [4.78, 5) is 29.0. The number of amides is 2. The van der Waals surface area contributed by atoms with E-state index in [0.29, 0.717) is 12.2 Å². The Kier molecular flexibility index (Phi) is 10.4. The van der Waals surface area contributed by atoms with Gasteiger partial charge in [-0.25, -0.2) is 0 Å². The molecule has 0 aromatic heterocycles. The third-order valence-electron chi connectivity index (χ3n) is 5.77. The lowest BCUT2D eigenvalue weighted by molar-refractivity contribution is -0.143. The van der Waals surface area contributed by atoms with Crippen molar-refractivity contribution in [1.29, 1.82) is 0 Å². The molecule has 0 spiro atoms. The van der Waals surface area contributed by atoms with Crippen molar-refractivity contribution in [3.63, 3.8) is 0 Å². The van der Waals surface area contributed by atoms with Crippen molar-refractivity contribution in [3.05, 3.63) is 98.4 Å². The molecular weight excluding hydrogens is 596 g/mol. The summed E-state index contributed by atoms with van der Waals surface area (Å²) in [5, 5.41) is 3.08. The topological polar surface area (TPSA) is 58.6 Å². The van der Waals surface area contributed by atoms with Gasteiger partial charge in [0.2, 0.25) is 5.91 Å². The van der Waals surface area contributed by atoms with E-state index >= 15 is 0 Å². The van der Waals surface area contributed by atoms with Crippen LogP contribution in [0.25, 0.3) is 0 Å². The Morgan fingerprint density at radius 1 is 0.919 bits per heavy atom. The van der Waals surface area contributed by atoms with Crippen LogP contribution in [0.5, 0.6) is 5.75 Å². The maximum Gasteiger partial charge on any atom is 0.261 e. The van der Waals surface area contributed by atoms with Gasteiger partial charge in [-0.2, -0.15) is 0 Å². The first-order valence-corrected chi connectivity index (χ1v) is 14.0. The van der Waals surface area contributed by atoms with Crippen LogP contribution in [0.15, 0.2) is 81.7 Å². The van der Waals surface area contributed by atoms with Crippen molar-refractivity contribution in [2.45, 2.75) is 58.7 Å². The van der Waals surface area contributed by atoms with Gasteiger partial charge in [-0.15, -0.1) is 0 Å². The molecule has 0 bridgehead atoms. The largest absolute Gasteiger partial charge is 0.483 e. The molecule has 0 fully saturated rings. The zero-order valence-corrected chi connectivity index (χ0v) is 24.9. The van der Waals surface area contributed by atoms with E-state index in [1.54, 1.807) is 4.90 Å². The van der Waals surface area contributed by atoms with E-state index < -0.39 is 11.6 Å². The predicted molar refractivity (Wildman–Crippen MR) is 156 cm³/mol. The Bertz CT molecular complexity index is 1210. The number of nitrogens with one attached hydrogen (secondary N) is 1. The zero-order chi connectivity index (χ0) is 27.0. The average molecular weight is 630 g/mol.